The second-order valence-electron chi connectivity index (χ2n) is 6.94. The Labute approximate surface area is 164 Å². The Morgan fingerprint density at radius 2 is 1.79 bits per heavy atom. The van der Waals surface area contributed by atoms with Gasteiger partial charge in [0.15, 0.2) is 5.69 Å². The number of piperazine rings is 1. The van der Waals surface area contributed by atoms with Crippen LogP contribution >= 0.6 is 0 Å². The lowest BCUT2D eigenvalue weighted by Gasteiger charge is -2.32. The summed E-state index contributed by atoms with van der Waals surface area (Å²) in [7, 11) is 2.17. The van der Waals surface area contributed by atoms with Gasteiger partial charge in [0, 0.05) is 38.4 Å². The monoisotopic (exact) mass is 374 g/mol. The van der Waals surface area contributed by atoms with E-state index in [1.165, 1.54) is 18.0 Å². The number of nitriles is 1. The van der Waals surface area contributed by atoms with E-state index in [0.717, 1.165) is 38.4 Å². The normalized spacial score (nSPS) is 15.3. The molecule has 1 aliphatic rings. The summed E-state index contributed by atoms with van der Waals surface area (Å²) in [5.41, 5.74) is 2.65. The molecule has 1 aromatic carbocycles. The summed E-state index contributed by atoms with van der Waals surface area (Å²) in [4.78, 5) is 17.4. The molecule has 142 valence electrons. The van der Waals surface area contributed by atoms with Crippen LogP contribution in [0.25, 0.3) is 5.69 Å². The molecule has 2 aromatic heterocycles. The summed E-state index contributed by atoms with van der Waals surface area (Å²) >= 11 is 0. The third-order valence-corrected chi connectivity index (χ3v) is 4.84. The molecule has 0 aliphatic carbocycles. The maximum Gasteiger partial charge on any atom is 0.158 e. The van der Waals surface area contributed by atoms with Gasteiger partial charge in [-0.15, -0.1) is 0 Å². The van der Waals surface area contributed by atoms with E-state index in [1.54, 1.807) is 6.33 Å². The average molecular weight is 374 g/mol. The molecule has 0 atom stereocenters. The molecule has 0 saturated carbocycles. The first kappa shape index (κ1) is 18.1. The fourth-order valence-corrected chi connectivity index (χ4v) is 3.15. The SMILES string of the molecule is CN1CCN(Cc2ccc(-n3cnc(Nc4cnc(C#N)cn4)c3)cc2)CC1. The zero-order valence-electron chi connectivity index (χ0n) is 15.8. The van der Waals surface area contributed by atoms with Crippen molar-refractivity contribution in [1.82, 2.24) is 29.3 Å². The van der Waals surface area contributed by atoms with E-state index in [4.69, 9.17) is 5.26 Å². The van der Waals surface area contributed by atoms with Crippen LogP contribution in [0.5, 0.6) is 0 Å². The predicted molar refractivity (Wildman–Crippen MR) is 106 cm³/mol. The van der Waals surface area contributed by atoms with Gasteiger partial charge in [0.25, 0.3) is 0 Å². The lowest BCUT2D eigenvalue weighted by atomic mass is 10.2. The Morgan fingerprint density at radius 1 is 1.00 bits per heavy atom. The van der Waals surface area contributed by atoms with E-state index in [9.17, 15) is 0 Å². The summed E-state index contributed by atoms with van der Waals surface area (Å²) in [5, 5.41) is 11.9. The minimum Gasteiger partial charge on any atom is -0.322 e. The van der Waals surface area contributed by atoms with Gasteiger partial charge in [0.1, 0.15) is 24.0 Å². The zero-order chi connectivity index (χ0) is 19.3. The minimum absolute atomic E-state index is 0.285. The largest absolute Gasteiger partial charge is 0.322 e. The molecular weight excluding hydrogens is 352 g/mol. The molecule has 0 radical (unpaired) electrons. The summed E-state index contributed by atoms with van der Waals surface area (Å²) in [5.74, 6) is 1.22. The molecule has 28 heavy (non-hydrogen) atoms. The van der Waals surface area contributed by atoms with Crippen molar-refractivity contribution in [3.05, 3.63) is 60.4 Å². The Hall–Kier alpha value is -3.28. The Bertz CT molecular complexity index is 947. The highest BCUT2D eigenvalue weighted by Crippen LogP contribution is 2.16. The Morgan fingerprint density at radius 3 is 2.46 bits per heavy atom. The van der Waals surface area contributed by atoms with Crippen molar-refractivity contribution in [1.29, 1.82) is 5.26 Å². The number of rotatable bonds is 5. The van der Waals surface area contributed by atoms with E-state index >= 15 is 0 Å². The number of imidazole rings is 1. The van der Waals surface area contributed by atoms with Crippen molar-refractivity contribution in [3.8, 4) is 11.8 Å². The van der Waals surface area contributed by atoms with Crippen LogP contribution in [0.15, 0.2) is 49.2 Å². The lowest BCUT2D eigenvalue weighted by Crippen LogP contribution is -2.43. The first-order chi connectivity index (χ1) is 13.7. The summed E-state index contributed by atoms with van der Waals surface area (Å²) in [6.07, 6.45) is 6.60. The Balaban J connectivity index is 1.38. The van der Waals surface area contributed by atoms with Gasteiger partial charge < -0.3 is 14.8 Å². The number of aromatic nitrogens is 4. The summed E-state index contributed by atoms with van der Waals surface area (Å²) in [6, 6.07) is 10.5. The standard InChI is InChI=1S/C20H22N8/c1-26-6-8-27(9-7-26)13-16-2-4-18(5-3-16)28-14-20(24-15-28)25-19-12-22-17(10-21)11-23-19/h2-5,11-12,14-15H,6-9,13H2,1H3,(H,23,25). The van der Waals surface area contributed by atoms with Gasteiger partial charge >= 0.3 is 0 Å². The van der Waals surface area contributed by atoms with Gasteiger partial charge in [-0.2, -0.15) is 5.26 Å². The zero-order valence-corrected chi connectivity index (χ0v) is 15.8. The van der Waals surface area contributed by atoms with E-state index in [2.05, 4.69) is 61.4 Å². The average Bonchev–Trinajstić information content (AvgIpc) is 3.19. The topological polar surface area (TPSA) is 85.9 Å². The number of nitrogens with zero attached hydrogens (tertiary/aromatic N) is 7. The summed E-state index contributed by atoms with van der Waals surface area (Å²) in [6.45, 7) is 5.49. The number of nitrogens with one attached hydrogen (secondary N) is 1. The van der Waals surface area contributed by atoms with Gasteiger partial charge in [0.2, 0.25) is 0 Å². The molecule has 0 amide bonds. The van der Waals surface area contributed by atoms with E-state index < -0.39 is 0 Å². The molecule has 0 spiro atoms. The fraction of sp³-hybridized carbons (Fsp3) is 0.300. The number of hydrogen-bond acceptors (Lipinski definition) is 7. The molecule has 1 N–H and O–H groups in total. The fourth-order valence-electron chi connectivity index (χ4n) is 3.15. The van der Waals surface area contributed by atoms with Crippen molar-refractivity contribution >= 4 is 11.6 Å². The van der Waals surface area contributed by atoms with Crippen LogP contribution in [0.3, 0.4) is 0 Å². The van der Waals surface area contributed by atoms with E-state index in [-0.39, 0.29) is 5.69 Å². The van der Waals surface area contributed by atoms with Crippen molar-refractivity contribution in [2.45, 2.75) is 6.54 Å². The number of anilines is 2. The first-order valence-electron chi connectivity index (χ1n) is 9.23. The molecule has 0 unspecified atom stereocenters. The van der Waals surface area contributed by atoms with Gasteiger partial charge in [-0.25, -0.2) is 15.0 Å². The molecule has 8 nitrogen and oxygen atoms in total. The molecule has 3 aromatic rings. The van der Waals surface area contributed by atoms with Crippen molar-refractivity contribution in [2.75, 3.05) is 38.5 Å². The molecule has 1 saturated heterocycles. The van der Waals surface area contributed by atoms with Gasteiger partial charge in [-0.05, 0) is 24.7 Å². The van der Waals surface area contributed by atoms with Crippen molar-refractivity contribution in [2.24, 2.45) is 0 Å². The van der Waals surface area contributed by atoms with E-state index in [0.29, 0.717) is 11.6 Å². The molecule has 4 rings (SSSR count). The van der Waals surface area contributed by atoms with Crippen molar-refractivity contribution in [3.63, 3.8) is 0 Å². The van der Waals surface area contributed by atoms with Crippen LogP contribution in [0, 0.1) is 11.3 Å². The van der Waals surface area contributed by atoms with Crippen LogP contribution in [0.4, 0.5) is 11.6 Å². The molecular formula is C20H22N8. The quantitative estimate of drug-likeness (QED) is 0.731. The third-order valence-electron chi connectivity index (χ3n) is 4.84. The van der Waals surface area contributed by atoms with Crippen LogP contribution in [0.1, 0.15) is 11.3 Å². The van der Waals surface area contributed by atoms with E-state index in [1.807, 2.05) is 16.8 Å². The smallest absolute Gasteiger partial charge is 0.158 e. The minimum atomic E-state index is 0.285. The lowest BCUT2D eigenvalue weighted by molar-refractivity contribution is 0.148. The van der Waals surface area contributed by atoms with Gasteiger partial charge in [0.05, 0.1) is 18.6 Å². The second-order valence-corrected chi connectivity index (χ2v) is 6.94. The first-order valence-corrected chi connectivity index (χ1v) is 9.23. The molecule has 1 aliphatic heterocycles. The maximum absolute atomic E-state index is 8.78. The second kappa shape index (κ2) is 8.17. The third kappa shape index (κ3) is 4.34. The highest BCUT2D eigenvalue weighted by atomic mass is 15.2. The van der Waals surface area contributed by atoms with Crippen LogP contribution in [-0.4, -0.2) is 62.5 Å². The Kier molecular flexibility index (Phi) is 5.28. The number of hydrogen-bond donors (Lipinski definition) is 1. The summed E-state index contributed by atoms with van der Waals surface area (Å²) < 4.78 is 1.96. The molecule has 1 fully saturated rings. The highest BCUT2D eigenvalue weighted by Gasteiger charge is 2.13. The number of benzene rings is 1. The van der Waals surface area contributed by atoms with Gasteiger partial charge in [-0.1, -0.05) is 12.1 Å². The highest BCUT2D eigenvalue weighted by molar-refractivity contribution is 5.51. The van der Waals surface area contributed by atoms with Gasteiger partial charge in [-0.3, -0.25) is 4.90 Å². The predicted octanol–water partition coefficient (Wildman–Crippen LogP) is 2.02. The van der Waals surface area contributed by atoms with Crippen LogP contribution in [-0.2, 0) is 6.54 Å². The maximum atomic E-state index is 8.78. The molecule has 0 bridgehead atoms. The molecule has 8 heteroatoms. The molecule has 3 heterocycles. The van der Waals surface area contributed by atoms with Crippen LogP contribution < -0.4 is 5.32 Å². The van der Waals surface area contributed by atoms with Crippen LogP contribution in [0.2, 0.25) is 0 Å². The van der Waals surface area contributed by atoms with Crippen molar-refractivity contribution < 1.29 is 0 Å². The number of likely N-dealkylation sites (N-methyl/N-ethyl adjacent to an activating group) is 1.